The van der Waals surface area contributed by atoms with Crippen molar-refractivity contribution in [2.24, 2.45) is 0 Å². The van der Waals surface area contributed by atoms with Gasteiger partial charge in [-0.1, -0.05) is 54.1 Å². The van der Waals surface area contributed by atoms with E-state index in [1.165, 1.54) is 35.9 Å². The highest BCUT2D eigenvalue weighted by atomic mass is 35.5. The molecule has 1 aliphatic heterocycles. The molecular formula is C25H26ClN3O4S. The van der Waals surface area contributed by atoms with E-state index < -0.39 is 10.0 Å². The zero-order chi connectivity index (χ0) is 24.0. The van der Waals surface area contributed by atoms with Crippen molar-refractivity contribution >= 4 is 33.2 Å². The van der Waals surface area contributed by atoms with Gasteiger partial charge >= 0.3 is 0 Å². The van der Waals surface area contributed by atoms with E-state index in [1.54, 1.807) is 18.2 Å². The minimum Gasteiger partial charge on any atom is -0.379 e. The Morgan fingerprint density at radius 1 is 0.941 bits per heavy atom. The summed E-state index contributed by atoms with van der Waals surface area (Å²) in [5, 5.41) is 3.02. The molecule has 0 spiro atoms. The first-order chi connectivity index (χ1) is 16.4. The van der Waals surface area contributed by atoms with Crippen molar-refractivity contribution in [1.82, 2.24) is 10.2 Å². The number of carbonyl (C=O) groups is 1. The maximum atomic E-state index is 12.6. The minimum absolute atomic E-state index is 0.143. The molecule has 0 saturated carbocycles. The lowest BCUT2D eigenvalue weighted by Gasteiger charge is -2.26. The molecule has 0 radical (unpaired) electrons. The van der Waals surface area contributed by atoms with Crippen LogP contribution in [0.4, 0.5) is 5.69 Å². The molecule has 2 N–H and O–H groups in total. The van der Waals surface area contributed by atoms with Crippen LogP contribution >= 0.6 is 11.6 Å². The number of amides is 1. The molecule has 0 atom stereocenters. The van der Waals surface area contributed by atoms with Crippen molar-refractivity contribution in [3.8, 4) is 0 Å². The van der Waals surface area contributed by atoms with Gasteiger partial charge in [0, 0.05) is 26.2 Å². The van der Waals surface area contributed by atoms with Crippen LogP contribution in [0.3, 0.4) is 0 Å². The summed E-state index contributed by atoms with van der Waals surface area (Å²) in [7, 11) is -3.74. The topological polar surface area (TPSA) is 87.7 Å². The lowest BCUT2D eigenvalue weighted by molar-refractivity contribution is 0.0342. The molecule has 9 heteroatoms. The van der Waals surface area contributed by atoms with Gasteiger partial charge in [-0.05, 0) is 41.5 Å². The van der Waals surface area contributed by atoms with Crippen LogP contribution in [0.25, 0.3) is 0 Å². The highest BCUT2D eigenvalue weighted by molar-refractivity contribution is 7.92. The molecule has 0 aromatic heterocycles. The van der Waals surface area contributed by atoms with Crippen LogP contribution in [0.2, 0.25) is 5.02 Å². The zero-order valence-corrected chi connectivity index (χ0v) is 20.1. The summed E-state index contributed by atoms with van der Waals surface area (Å²) in [6.07, 6.45) is 0. The molecule has 0 unspecified atom stereocenters. The molecule has 4 rings (SSSR count). The van der Waals surface area contributed by atoms with Crippen molar-refractivity contribution < 1.29 is 17.9 Å². The Balaban J connectivity index is 1.33. The maximum Gasteiger partial charge on any atom is 0.261 e. The third kappa shape index (κ3) is 6.36. The van der Waals surface area contributed by atoms with E-state index in [4.69, 9.17) is 16.3 Å². The number of hydrogen-bond donors (Lipinski definition) is 2. The van der Waals surface area contributed by atoms with Gasteiger partial charge in [-0.3, -0.25) is 14.4 Å². The first-order valence-electron chi connectivity index (χ1n) is 10.9. The van der Waals surface area contributed by atoms with Crippen LogP contribution in [0.15, 0.2) is 77.7 Å². The van der Waals surface area contributed by atoms with Gasteiger partial charge in [0.2, 0.25) is 0 Å². The molecule has 34 heavy (non-hydrogen) atoms. The Morgan fingerprint density at radius 3 is 2.29 bits per heavy atom. The number of nitrogens with one attached hydrogen (secondary N) is 2. The number of sulfonamides is 1. The smallest absolute Gasteiger partial charge is 0.261 e. The molecule has 0 bridgehead atoms. The molecule has 1 amide bonds. The fourth-order valence-electron chi connectivity index (χ4n) is 3.63. The van der Waals surface area contributed by atoms with Gasteiger partial charge in [-0.2, -0.15) is 0 Å². The van der Waals surface area contributed by atoms with E-state index in [9.17, 15) is 13.2 Å². The van der Waals surface area contributed by atoms with Gasteiger partial charge in [0.05, 0.1) is 34.4 Å². The Kier molecular flexibility index (Phi) is 7.84. The zero-order valence-electron chi connectivity index (χ0n) is 18.5. The molecular weight excluding hydrogens is 474 g/mol. The summed E-state index contributed by atoms with van der Waals surface area (Å²) in [6, 6.07) is 20.6. The average Bonchev–Trinajstić information content (AvgIpc) is 2.84. The third-order valence-corrected chi connectivity index (χ3v) is 7.22. The van der Waals surface area contributed by atoms with Crippen molar-refractivity contribution in [1.29, 1.82) is 0 Å². The van der Waals surface area contributed by atoms with E-state index in [-0.39, 0.29) is 27.1 Å². The van der Waals surface area contributed by atoms with Crippen LogP contribution in [0, 0.1) is 0 Å². The van der Waals surface area contributed by atoms with E-state index >= 15 is 0 Å². The number of ether oxygens (including phenoxy) is 1. The Bertz CT molecular complexity index is 1230. The lowest BCUT2D eigenvalue weighted by Crippen LogP contribution is -2.35. The summed E-state index contributed by atoms with van der Waals surface area (Å²) < 4.78 is 32.8. The number of hydrogen-bond acceptors (Lipinski definition) is 5. The Morgan fingerprint density at radius 2 is 1.62 bits per heavy atom. The predicted octanol–water partition coefficient (Wildman–Crippen LogP) is 3.90. The third-order valence-electron chi connectivity index (χ3n) is 5.51. The van der Waals surface area contributed by atoms with Crippen LogP contribution < -0.4 is 10.0 Å². The summed E-state index contributed by atoms with van der Waals surface area (Å²) >= 11 is 6.29. The molecule has 178 valence electrons. The van der Waals surface area contributed by atoms with Gasteiger partial charge in [0.25, 0.3) is 15.9 Å². The van der Waals surface area contributed by atoms with E-state index in [0.29, 0.717) is 6.54 Å². The SMILES string of the molecule is O=C(NCc1ccc(CN2CCOCC2)cc1)c1ccc(NS(=O)(=O)c2ccccc2)cc1Cl. The number of halogens is 1. The second-order valence-corrected chi connectivity index (χ2v) is 10.1. The van der Waals surface area contributed by atoms with Crippen LogP contribution in [-0.2, 0) is 27.8 Å². The summed E-state index contributed by atoms with van der Waals surface area (Å²) in [4.78, 5) is 15.1. The number of carbonyl (C=O) groups excluding carboxylic acids is 1. The first-order valence-corrected chi connectivity index (χ1v) is 12.8. The van der Waals surface area contributed by atoms with Crippen molar-refractivity contribution in [3.63, 3.8) is 0 Å². The molecule has 1 saturated heterocycles. The monoisotopic (exact) mass is 499 g/mol. The maximum absolute atomic E-state index is 12.6. The summed E-state index contributed by atoms with van der Waals surface area (Å²) in [5.41, 5.74) is 2.74. The van der Waals surface area contributed by atoms with E-state index in [2.05, 4.69) is 27.1 Å². The van der Waals surface area contributed by atoms with Crippen molar-refractivity contribution in [3.05, 3.63) is 94.5 Å². The standard InChI is InChI=1S/C25H26ClN3O4S/c26-24-16-21(28-34(31,32)22-4-2-1-3-5-22)10-11-23(24)25(30)27-17-19-6-8-20(9-7-19)18-29-12-14-33-15-13-29/h1-11,16,28H,12-15,17-18H2,(H,27,30). The van der Waals surface area contributed by atoms with Crippen molar-refractivity contribution in [2.75, 3.05) is 31.0 Å². The second-order valence-electron chi connectivity index (χ2n) is 8.00. The molecule has 0 aliphatic carbocycles. The first kappa shape index (κ1) is 24.2. The summed E-state index contributed by atoms with van der Waals surface area (Å²) in [6.45, 7) is 4.65. The van der Waals surface area contributed by atoms with Gasteiger partial charge < -0.3 is 10.1 Å². The van der Waals surface area contributed by atoms with Crippen LogP contribution in [-0.4, -0.2) is 45.5 Å². The molecule has 1 fully saturated rings. The number of morpholine rings is 1. The molecule has 3 aromatic rings. The predicted molar refractivity (Wildman–Crippen MR) is 132 cm³/mol. The van der Waals surface area contributed by atoms with E-state index in [0.717, 1.165) is 38.4 Å². The second kappa shape index (κ2) is 11.0. The number of benzene rings is 3. The van der Waals surface area contributed by atoms with Crippen LogP contribution in [0.1, 0.15) is 21.5 Å². The quantitative estimate of drug-likeness (QED) is 0.490. The van der Waals surface area contributed by atoms with Gasteiger partial charge in [0.15, 0.2) is 0 Å². The fraction of sp³-hybridized carbons (Fsp3) is 0.240. The summed E-state index contributed by atoms with van der Waals surface area (Å²) in [5.74, 6) is -0.333. The molecule has 3 aromatic carbocycles. The fourth-order valence-corrected chi connectivity index (χ4v) is 4.97. The Labute approximate surface area is 204 Å². The number of rotatable bonds is 8. The van der Waals surface area contributed by atoms with Crippen molar-refractivity contribution in [2.45, 2.75) is 18.0 Å². The highest BCUT2D eigenvalue weighted by Crippen LogP contribution is 2.23. The minimum atomic E-state index is -3.74. The average molecular weight is 500 g/mol. The largest absolute Gasteiger partial charge is 0.379 e. The molecule has 7 nitrogen and oxygen atoms in total. The Hall–Kier alpha value is -2.91. The molecule has 1 aliphatic rings. The van der Waals surface area contributed by atoms with Gasteiger partial charge in [-0.15, -0.1) is 0 Å². The van der Waals surface area contributed by atoms with Gasteiger partial charge in [0.1, 0.15) is 0 Å². The van der Waals surface area contributed by atoms with E-state index in [1.807, 2.05) is 12.1 Å². The molecule has 1 heterocycles. The van der Waals surface area contributed by atoms with Crippen LogP contribution in [0.5, 0.6) is 0 Å². The normalized spacial score (nSPS) is 14.5. The van der Waals surface area contributed by atoms with Gasteiger partial charge in [-0.25, -0.2) is 8.42 Å². The lowest BCUT2D eigenvalue weighted by atomic mass is 10.1. The highest BCUT2D eigenvalue weighted by Gasteiger charge is 2.16. The number of nitrogens with zero attached hydrogens (tertiary/aromatic N) is 1. The number of anilines is 1.